The molecule has 2 aliphatic carbocycles. The predicted octanol–water partition coefficient (Wildman–Crippen LogP) is 7.04. The Kier molecular flexibility index (Phi) is 8.84. The molecule has 2 aromatic carbocycles. The van der Waals surface area contributed by atoms with E-state index in [0.717, 1.165) is 0 Å². The van der Waals surface area contributed by atoms with Gasteiger partial charge >= 0.3 is 0 Å². The highest BCUT2D eigenvalue weighted by molar-refractivity contribution is 5.32. The van der Waals surface area contributed by atoms with Crippen LogP contribution < -0.4 is 0 Å². The Balaban J connectivity index is 1.32. The first-order valence-electron chi connectivity index (χ1n) is 12.7. The monoisotopic (exact) mass is 494 g/mol. The van der Waals surface area contributed by atoms with E-state index >= 15 is 0 Å². The molecule has 4 rings (SSSR count). The van der Waals surface area contributed by atoms with Gasteiger partial charge in [-0.15, -0.1) is 0 Å². The van der Waals surface area contributed by atoms with Crippen LogP contribution in [0.3, 0.4) is 0 Å². The van der Waals surface area contributed by atoms with Gasteiger partial charge in [0.15, 0.2) is 23.3 Å². The summed E-state index contributed by atoms with van der Waals surface area (Å²) in [7, 11) is 0. The van der Waals surface area contributed by atoms with Gasteiger partial charge in [-0.25, -0.2) is 17.6 Å². The molecule has 0 unspecified atom stereocenters. The third-order valence-corrected chi connectivity index (χ3v) is 7.57. The van der Waals surface area contributed by atoms with Crippen LogP contribution in [0.2, 0.25) is 0 Å². The molecule has 0 aliphatic heterocycles. The van der Waals surface area contributed by atoms with Gasteiger partial charge in [-0.3, -0.25) is 0 Å². The Hall–Kier alpha value is -1.96. The van der Waals surface area contributed by atoms with E-state index in [2.05, 4.69) is 0 Å². The number of aliphatic hydroxyl groups excluding tert-OH is 1. The van der Waals surface area contributed by atoms with E-state index in [9.17, 15) is 22.7 Å². The SMILES string of the molecule is CCOCc1ccc(COC2CCC(c3ccc(C4CCC(O)CC4)c(F)c3F)CC2)c(F)c1F. The highest BCUT2D eigenvalue weighted by Crippen LogP contribution is 2.40. The second-order valence-electron chi connectivity index (χ2n) is 9.81. The number of ether oxygens (including phenoxy) is 2. The fourth-order valence-corrected chi connectivity index (χ4v) is 5.41. The molecular formula is C28H34F4O3. The minimum atomic E-state index is -0.916. The first-order valence-corrected chi connectivity index (χ1v) is 12.7. The Morgan fingerprint density at radius 2 is 1.17 bits per heavy atom. The van der Waals surface area contributed by atoms with Crippen molar-refractivity contribution >= 4 is 0 Å². The number of halogens is 4. The normalized spacial score (nSPS) is 25.1. The van der Waals surface area contributed by atoms with Crippen LogP contribution in [-0.2, 0) is 22.7 Å². The average Bonchev–Trinajstić information content (AvgIpc) is 2.87. The Morgan fingerprint density at radius 1 is 0.686 bits per heavy atom. The van der Waals surface area contributed by atoms with Crippen LogP contribution in [0, 0.1) is 23.3 Å². The van der Waals surface area contributed by atoms with Crippen molar-refractivity contribution in [2.45, 2.75) is 95.5 Å². The summed E-state index contributed by atoms with van der Waals surface area (Å²) < 4.78 is 69.5. The maximum atomic E-state index is 15.0. The minimum Gasteiger partial charge on any atom is -0.393 e. The summed E-state index contributed by atoms with van der Waals surface area (Å²) in [6.07, 6.45) is 4.64. The molecule has 2 aromatic rings. The Bertz CT molecular complexity index is 996. The second-order valence-corrected chi connectivity index (χ2v) is 9.81. The van der Waals surface area contributed by atoms with Gasteiger partial charge in [0.05, 0.1) is 25.4 Å². The van der Waals surface area contributed by atoms with Crippen LogP contribution in [-0.4, -0.2) is 23.9 Å². The summed E-state index contributed by atoms with van der Waals surface area (Å²) in [5.74, 6) is -3.49. The van der Waals surface area contributed by atoms with Gasteiger partial charge in [0, 0.05) is 17.7 Å². The lowest BCUT2D eigenvalue weighted by Crippen LogP contribution is -2.22. The van der Waals surface area contributed by atoms with Crippen LogP contribution >= 0.6 is 0 Å². The van der Waals surface area contributed by atoms with Crippen molar-refractivity contribution in [3.63, 3.8) is 0 Å². The van der Waals surface area contributed by atoms with Gasteiger partial charge < -0.3 is 14.6 Å². The van der Waals surface area contributed by atoms with Gasteiger partial charge in [0.25, 0.3) is 0 Å². The molecule has 2 saturated carbocycles. The zero-order valence-corrected chi connectivity index (χ0v) is 20.2. The van der Waals surface area contributed by atoms with E-state index in [-0.39, 0.29) is 48.4 Å². The van der Waals surface area contributed by atoms with Crippen LogP contribution in [0.1, 0.15) is 92.4 Å². The van der Waals surface area contributed by atoms with Crippen molar-refractivity contribution < 1.29 is 32.1 Å². The molecule has 0 aromatic heterocycles. The van der Waals surface area contributed by atoms with Crippen LogP contribution in [0.4, 0.5) is 17.6 Å². The molecular weight excluding hydrogens is 460 g/mol. The summed E-state index contributed by atoms with van der Waals surface area (Å²) in [5.41, 5.74) is 1.15. The van der Waals surface area contributed by atoms with Gasteiger partial charge in [0.2, 0.25) is 0 Å². The lowest BCUT2D eigenvalue weighted by Gasteiger charge is -2.30. The summed E-state index contributed by atoms with van der Waals surface area (Å²) in [6, 6.07) is 6.46. The molecule has 3 nitrogen and oxygen atoms in total. The molecule has 0 saturated heterocycles. The lowest BCUT2D eigenvalue weighted by molar-refractivity contribution is 0.0116. The fraction of sp³-hybridized carbons (Fsp3) is 0.571. The van der Waals surface area contributed by atoms with E-state index < -0.39 is 23.3 Å². The van der Waals surface area contributed by atoms with Crippen molar-refractivity contribution in [3.8, 4) is 0 Å². The van der Waals surface area contributed by atoms with Crippen molar-refractivity contribution in [2.24, 2.45) is 0 Å². The van der Waals surface area contributed by atoms with E-state index in [1.54, 1.807) is 19.1 Å². The maximum Gasteiger partial charge on any atom is 0.164 e. The van der Waals surface area contributed by atoms with E-state index in [0.29, 0.717) is 69.1 Å². The van der Waals surface area contributed by atoms with Crippen LogP contribution in [0.15, 0.2) is 24.3 Å². The summed E-state index contributed by atoms with van der Waals surface area (Å²) in [6.45, 7) is 2.18. The minimum absolute atomic E-state index is 0.0202. The zero-order valence-electron chi connectivity index (χ0n) is 20.2. The van der Waals surface area contributed by atoms with Crippen molar-refractivity contribution in [2.75, 3.05) is 6.61 Å². The number of hydrogen-bond donors (Lipinski definition) is 1. The topological polar surface area (TPSA) is 38.7 Å². The molecule has 0 amide bonds. The summed E-state index contributed by atoms with van der Waals surface area (Å²) in [5, 5.41) is 9.68. The fourth-order valence-electron chi connectivity index (χ4n) is 5.41. The predicted molar refractivity (Wildman–Crippen MR) is 125 cm³/mol. The smallest absolute Gasteiger partial charge is 0.164 e. The maximum absolute atomic E-state index is 15.0. The molecule has 0 radical (unpaired) electrons. The zero-order chi connectivity index (χ0) is 24.9. The largest absolute Gasteiger partial charge is 0.393 e. The van der Waals surface area contributed by atoms with E-state index in [1.165, 1.54) is 12.1 Å². The van der Waals surface area contributed by atoms with Gasteiger partial charge in [0.1, 0.15) is 0 Å². The average molecular weight is 495 g/mol. The van der Waals surface area contributed by atoms with E-state index in [4.69, 9.17) is 9.47 Å². The standard InChI is InChI=1S/C28H34F4O3/c1-2-34-15-19-3-4-20(26(30)25(19)29)16-35-22-11-7-18(8-12-22)24-14-13-23(27(31)28(24)32)17-5-9-21(33)10-6-17/h3-4,13-14,17-18,21-22,33H,2,5-12,15-16H2,1H3. The highest BCUT2D eigenvalue weighted by Gasteiger charge is 2.29. The number of benzene rings is 2. The Labute approximate surface area is 204 Å². The van der Waals surface area contributed by atoms with Gasteiger partial charge in [-0.2, -0.15) is 0 Å². The molecule has 0 heterocycles. The molecule has 192 valence electrons. The molecule has 0 atom stereocenters. The number of hydrogen-bond acceptors (Lipinski definition) is 3. The highest BCUT2D eigenvalue weighted by atomic mass is 19.2. The summed E-state index contributed by atoms with van der Waals surface area (Å²) in [4.78, 5) is 0. The van der Waals surface area contributed by atoms with Crippen LogP contribution in [0.5, 0.6) is 0 Å². The van der Waals surface area contributed by atoms with E-state index in [1.807, 2.05) is 0 Å². The molecule has 1 N–H and O–H groups in total. The van der Waals surface area contributed by atoms with Gasteiger partial charge in [-0.1, -0.05) is 24.3 Å². The third kappa shape index (κ3) is 6.07. The second kappa shape index (κ2) is 11.8. The molecule has 2 aliphatic rings. The number of aliphatic hydroxyl groups is 1. The Morgan fingerprint density at radius 3 is 1.69 bits per heavy atom. The third-order valence-electron chi connectivity index (χ3n) is 7.57. The number of rotatable bonds is 8. The summed E-state index contributed by atoms with van der Waals surface area (Å²) >= 11 is 0. The molecule has 2 fully saturated rings. The van der Waals surface area contributed by atoms with Crippen molar-refractivity contribution in [1.29, 1.82) is 0 Å². The lowest BCUT2D eigenvalue weighted by atomic mass is 9.79. The van der Waals surface area contributed by atoms with Crippen molar-refractivity contribution in [3.05, 3.63) is 69.8 Å². The molecule has 0 spiro atoms. The van der Waals surface area contributed by atoms with Gasteiger partial charge in [-0.05, 0) is 81.3 Å². The molecule has 35 heavy (non-hydrogen) atoms. The molecule has 0 bridgehead atoms. The first-order chi connectivity index (χ1) is 16.9. The molecule has 7 heteroatoms. The first kappa shape index (κ1) is 26.1. The quantitative estimate of drug-likeness (QED) is 0.400. The van der Waals surface area contributed by atoms with Crippen molar-refractivity contribution in [1.82, 2.24) is 0 Å². The van der Waals surface area contributed by atoms with Crippen LogP contribution in [0.25, 0.3) is 0 Å².